The molecule has 0 saturated carbocycles. The number of rotatable bonds is 6. The van der Waals surface area contributed by atoms with Crippen LogP contribution in [0.25, 0.3) is 0 Å². The van der Waals surface area contributed by atoms with E-state index < -0.39 is 11.7 Å². The Labute approximate surface area is 139 Å². The molecular formula is C14H13ClF3N3OS. The number of carbonyl (C=O) groups excluding carboxylic acids is 1. The highest BCUT2D eigenvalue weighted by Gasteiger charge is 2.30. The van der Waals surface area contributed by atoms with Gasteiger partial charge < -0.3 is 10.6 Å². The first-order valence-corrected chi connectivity index (χ1v) is 7.86. The van der Waals surface area contributed by atoms with Crippen molar-refractivity contribution in [1.29, 1.82) is 0 Å². The van der Waals surface area contributed by atoms with Crippen molar-refractivity contribution >= 4 is 34.7 Å². The molecule has 0 unspecified atom stereocenters. The maximum Gasteiger partial charge on any atom is 0.417 e. The van der Waals surface area contributed by atoms with Crippen molar-refractivity contribution < 1.29 is 18.0 Å². The third-order valence-corrected chi connectivity index (χ3v) is 4.06. The molecule has 2 rings (SSSR count). The van der Waals surface area contributed by atoms with E-state index >= 15 is 0 Å². The van der Waals surface area contributed by atoms with Crippen LogP contribution in [0.2, 0.25) is 4.34 Å². The fraction of sp³-hybridized carbons (Fsp3) is 0.286. The summed E-state index contributed by atoms with van der Waals surface area (Å²) in [6, 6.07) is 5.54. The van der Waals surface area contributed by atoms with E-state index in [1.165, 1.54) is 17.4 Å². The van der Waals surface area contributed by atoms with Crippen LogP contribution in [0.3, 0.4) is 0 Å². The van der Waals surface area contributed by atoms with Crippen LogP contribution in [0.5, 0.6) is 0 Å². The minimum atomic E-state index is -4.39. The van der Waals surface area contributed by atoms with Gasteiger partial charge in [0.05, 0.1) is 14.8 Å². The zero-order valence-corrected chi connectivity index (χ0v) is 13.4. The van der Waals surface area contributed by atoms with Gasteiger partial charge in [0.25, 0.3) is 5.91 Å². The number of nitrogens with one attached hydrogen (secondary N) is 2. The third kappa shape index (κ3) is 5.40. The second-order valence-electron chi connectivity index (χ2n) is 4.57. The smallest absolute Gasteiger partial charge is 0.370 e. The Kier molecular flexibility index (Phi) is 5.84. The van der Waals surface area contributed by atoms with Crippen LogP contribution in [-0.2, 0) is 6.18 Å². The second-order valence-corrected chi connectivity index (χ2v) is 6.28. The Morgan fingerprint density at radius 1 is 1.22 bits per heavy atom. The number of hydrogen-bond donors (Lipinski definition) is 2. The molecule has 2 heterocycles. The summed E-state index contributed by atoms with van der Waals surface area (Å²) in [5, 5.41) is 5.62. The number of anilines is 1. The molecular weight excluding hydrogens is 351 g/mol. The Balaban J connectivity index is 1.68. The van der Waals surface area contributed by atoms with Gasteiger partial charge in [0.2, 0.25) is 0 Å². The molecule has 9 heteroatoms. The summed E-state index contributed by atoms with van der Waals surface area (Å²) in [5.41, 5.74) is -0.787. The molecule has 1 amide bonds. The molecule has 4 nitrogen and oxygen atoms in total. The van der Waals surface area contributed by atoms with Gasteiger partial charge in [-0.1, -0.05) is 11.6 Å². The van der Waals surface area contributed by atoms with E-state index in [1.54, 1.807) is 12.1 Å². The fourth-order valence-electron chi connectivity index (χ4n) is 1.70. The number of carbonyl (C=O) groups is 1. The molecule has 23 heavy (non-hydrogen) atoms. The highest BCUT2D eigenvalue weighted by Crippen LogP contribution is 2.28. The van der Waals surface area contributed by atoms with Crippen LogP contribution in [0.15, 0.2) is 30.5 Å². The number of alkyl halides is 3. The zero-order chi connectivity index (χ0) is 16.9. The zero-order valence-electron chi connectivity index (χ0n) is 11.8. The Bertz CT molecular complexity index is 658. The molecule has 0 aliphatic heterocycles. The third-order valence-electron chi connectivity index (χ3n) is 2.83. The van der Waals surface area contributed by atoms with Crippen molar-refractivity contribution in [3.05, 3.63) is 45.2 Å². The Morgan fingerprint density at radius 3 is 2.57 bits per heavy atom. The first-order chi connectivity index (χ1) is 10.9. The van der Waals surface area contributed by atoms with E-state index in [0.717, 1.165) is 12.3 Å². The lowest BCUT2D eigenvalue weighted by Gasteiger charge is -2.09. The van der Waals surface area contributed by atoms with Gasteiger partial charge >= 0.3 is 6.18 Å². The maximum absolute atomic E-state index is 12.4. The SMILES string of the molecule is O=C(NCCCNc1ccc(C(F)(F)F)cn1)c1ccc(Cl)s1. The number of amides is 1. The number of halogens is 4. The van der Waals surface area contributed by atoms with Gasteiger partial charge in [0, 0.05) is 19.3 Å². The molecule has 0 saturated heterocycles. The van der Waals surface area contributed by atoms with E-state index in [4.69, 9.17) is 11.6 Å². The minimum absolute atomic E-state index is 0.199. The molecule has 0 aliphatic rings. The predicted octanol–water partition coefficient (Wildman–Crippen LogP) is 4.05. The monoisotopic (exact) mass is 363 g/mol. The van der Waals surface area contributed by atoms with E-state index in [9.17, 15) is 18.0 Å². The fourth-order valence-corrected chi connectivity index (χ4v) is 2.66. The van der Waals surface area contributed by atoms with Crippen molar-refractivity contribution in [2.45, 2.75) is 12.6 Å². The highest BCUT2D eigenvalue weighted by molar-refractivity contribution is 7.17. The average molecular weight is 364 g/mol. The molecule has 2 N–H and O–H groups in total. The summed E-state index contributed by atoms with van der Waals surface area (Å²) < 4.78 is 37.7. The first kappa shape index (κ1) is 17.6. The number of aromatic nitrogens is 1. The van der Waals surface area contributed by atoms with Crippen molar-refractivity contribution in [3.63, 3.8) is 0 Å². The van der Waals surface area contributed by atoms with E-state index in [2.05, 4.69) is 15.6 Å². The van der Waals surface area contributed by atoms with Gasteiger partial charge in [0.15, 0.2) is 0 Å². The van der Waals surface area contributed by atoms with E-state index in [1.807, 2.05) is 0 Å². The van der Waals surface area contributed by atoms with Crippen molar-refractivity contribution in [3.8, 4) is 0 Å². The summed E-state index contributed by atoms with van der Waals surface area (Å²) in [6.45, 7) is 0.909. The van der Waals surface area contributed by atoms with Crippen LogP contribution in [0.4, 0.5) is 19.0 Å². The quantitative estimate of drug-likeness (QED) is 0.761. The average Bonchev–Trinajstić information content (AvgIpc) is 2.93. The second kappa shape index (κ2) is 7.65. The van der Waals surface area contributed by atoms with Gasteiger partial charge in [-0.15, -0.1) is 11.3 Å². The normalized spacial score (nSPS) is 11.3. The molecule has 0 atom stereocenters. The highest BCUT2D eigenvalue weighted by atomic mass is 35.5. The molecule has 0 bridgehead atoms. The summed E-state index contributed by atoms with van der Waals surface area (Å²) in [5.74, 6) is 0.156. The largest absolute Gasteiger partial charge is 0.417 e. The van der Waals surface area contributed by atoms with E-state index in [-0.39, 0.29) is 5.91 Å². The van der Waals surface area contributed by atoms with Gasteiger partial charge in [-0.3, -0.25) is 4.79 Å². The van der Waals surface area contributed by atoms with Crippen molar-refractivity contribution in [1.82, 2.24) is 10.3 Å². The molecule has 0 spiro atoms. The minimum Gasteiger partial charge on any atom is -0.370 e. The Hall–Kier alpha value is -1.80. The van der Waals surface area contributed by atoms with Crippen LogP contribution in [-0.4, -0.2) is 24.0 Å². The molecule has 2 aromatic rings. The number of nitrogens with zero attached hydrogens (tertiary/aromatic N) is 1. The van der Waals surface area contributed by atoms with Crippen molar-refractivity contribution in [2.24, 2.45) is 0 Å². The van der Waals surface area contributed by atoms with Crippen molar-refractivity contribution in [2.75, 3.05) is 18.4 Å². The van der Waals surface area contributed by atoms with Gasteiger partial charge in [-0.05, 0) is 30.7 Å². The van der Waals surface area contributed by atoms with Crippen LogP contribution < -0.4 is 10.6 Å². The summed E-state index contributed by atoms with van der Waals surface area (Å²) in [4.78, 5) is 16.0. The van der Waals surface area contributed by atoms with Crippen LogP contribution in [0, 0.1) is 0 Å². The van der Waals surface area contributed by atoms with Crippen LogP contribution in [0.1, 0.15) is 21.7 Å². The molecule has 124 valence electrons. The lowest BCUT2D eigenvalue weighted by atomic mass is 10.3. The van der Waals surface area contributed by atoms with E-state index in [0.29, 0.717) is 34.5 Å². The molecule has 0 radical (unpaired) electrons. The Morgan fingerprint density at radius 2 is 2.00 bits per heavy atom. The number of thiophene rings is 1. The lowest BCUT2D eigenvalue weighted by molar-refractivity contribution is -0.137. The van der Waals surface area contributed by atoms with Gasteiger partial charge in [0.1, 0.15) is 5.82 Å². The van der Waals surface area contributed by atoms with Gasteiger partial charge in [-0.25, -0.2) is 4.98 Å². The first-order valence-electron chi connectivity index (χ1n) is 6.67. The van der Waals surface area contributed by atoms with Gasteiger partial charge in [-0.2, -0.15) is 13.2 Å². The number of pyridine rings is 1. The van der Waals surface area contributed by atoms with Crippen LogP contribution >= 0.6 is 22.9 Å². The molecule has 0 aromatic carbocycles. The molecule has 0 fully saturated rings. The lowest BCUT2D eigenvalue weighted by Crippen LogP contribution is -2.25. The summed E-state index contributed by atoms with van der Waals surface area (Å²) in [7, 11) is 0. The summed E-state index contributed by atoms with van der Waals surface area (Å²) in [6.07, 6.45) is -3.00. The predicted molar refractivity (Wildman–Crippen MR) is 84.0 cm³/mol. The molecule has 2 aromatic heterocycles. The summed E-state index contributed by atoms with van der Waals surface area (Å²) >= 11 is 6.94. The topological polar surface area (TPSA) is 54.0 Å². The molecule has 0 aliphatic carbocycles. The maximum atomic E-state index is 12.4. The standard InChI is InChI=1S/C14H13ClF3N3OS/c15-11-4-3-10(23-11)13(22)20-7-1-6-19-12-5-2-9(8-21-12)14(16,17)18/h2-5,8H,1,6-7H2,(H,19,21)(H,20,22). The number of hydrogen-bond acceptors (Lipinski definition) is 4.